The Morgan fingerprint density at radius 1 is 1.10 bits per heavy atom. The molecule has 0 fully saturated rings. The molecule has 0 aliphatic heterocycles. The molecule has 0 aliphatic carbocycles. The molecule has 0 atom stereocenters. The molecule has 0 spiro atoms. The molecule has 2 aromatic rings. The number of carbonyl (C=O) groups excluding carboxylic acids is 1. The van der Waals surface area contributed by atoms with Crippen molar-refractivity contribution in [1.29, 1.82) is 0 Å². The third-order valence-corrected chi connectivity index (χ3v) is 2.99. The molecule has 0 radical (unpaired) electrons. The molecule has 2 amide bonds. The average molecular weight is 287 g/mol. The summed E-state index contributed by atoms with van der Waals surface area (Å²) in [6.45, 7) is 1.03. The fraction of sp³-hybridized carbons (Fsp3) is 0.188. The van der Waals surface area contributed by atoms with E-state index in [1.54, 1.807) is 12.1 Å². The minimum absolute atomic E-state index is 0.369. The number of nitrogens with one attached hydrogen (secondary N) is 2. The van der Waals surface area contributed by atoms with Gasteiger partial charge in [-0.3, -0.25) is 0 Å². The van der Waals surface area contributed by atoms with Crippen molar-refractivity contribution in [2.75, 3.05) is 11.9 Å². The van der Waals surface area contributed by atoms with E-state index in [4.69, 9.17) is 5.73 Å². The van der Waals surface area contributed by atoms with Gasteiger partial charge in [-0.25, -0.2) is 9.18 Å². The molecular formula is C16H18FN3O. The van der Waals surface area contributed by atoms with Gasteiger partial charge in [0.2, 0.25) is 0 Å². The third kappa shape index (κ3) is 4.89. The summed E-state index contributed by atoms with van der Waals surface area (Å²) < 4.78 is 13.0. The number of nitrogens with two attached hydrogens (primary N) is 1. The number of carbonyl (C=O) groups is 1. The zero-order chi connectivity index (χ0) is 15.1. The van der Waals surface area contributed by atoms with Crippen LogP contribution in [0.4, 0.5) is 14.9 Å². The van der Waals surface area contributed by atoms with Crippen LogP contribution in [-0.2, 0) is 13.0 Å². The van der Waals surface area contributed by atoms with E-state index in [1.165, 1.54) is 17.7 Å². The first kappa shape index (κ1) is 15.0. The number of halogens is 1. The summed E-state index contributed by atoms with van der Waals surface area (Å²) >= 11 is 0. The second kappa shape index (κ2) is 7.40. The number of hydrogen-bond donors (Lipinski definition) is 3. The van der Waals surface area contributed by atoms with Crippen LogP contribution < -0.4 is 16.4 Å². The molecule has 110 valence electrons. The van der Waals surface area contributed by atoms with Gasteiger partial charge in [0, 0.05) is 12.2 Å². The van der Waals surface area contributed by atoms with Gasteiger partial charge in [-0.1, -0.05) is 30.3 Å². The van der Waals surface area contributed by atoms with Gasteiger partial charge >= 0.3 is 6.03 Å². The van der Waals surface area contributed by atoms with Gasteiger partial charge in [0.15, 0.2) is 0 Å². The molecule has 2 rings (SSSR count). The summed E-state index contributed by atoms with van der Waals surface area (Å²) in [5.41, 5.74) is 8.07. The Balaban J connectivity index is 1.83. The predicted octanol–water partition coefficient (Wildman–Crippen LogP) is 2.65. The van der Waals surface area contributed by atoms with Crippen LogP contribution in [0.5, 0.6) is 0 Å². The van der Waals surface area contributed by atoms with Crippen molar-refractivity contribution in [2.24, 2.45) is 5.73 Å². The van der Waals surface area contributed by atoms with Gasteiger partial charge in [0.1, 0.15) is 5.82 Å². The lowest BCUT2D eigenvalue weighted by Crippen LogP contribution is -2.28. The first-order chi connectivity index (χ1) is 10.2. The maximum absolute atomic E-state index is 13.0. The smallest absolute Gasteiger partial charge is 0.319 e. The molecule has 0 bridgehead atoms. The average Bonchev–Trinajstić information content (AvgIpc) is 2.47. The van der Waals surface area contributed by atoms with Crippen molar-refractivity contribution < 1.29 is 9.18 Å². The van der Waals surface area contributed by atoms with Crippen molar-refractivity contribution in [3.05, 3.63) is 65.5 Å². The second-order valence-corrected chi connectivity index (χ2v) is 4.67. The van der Waals surface area contributed by atoms with Crippen molar-refractivity contribution in [3.8, 4) is 0 Å². The topological polar surface area (TPSA) is 67.1 Å². The number of amides is 2. The Bertz CT molecular complexity index is 599. The quantitative estimate of drug-likeness (QED) is 0.791. The molecule has 2 aromatic carbocycles. The molecule has 5 heteroatoms. The van der Waals surface area contributed by atoms with Gasteiger partial charge in [-0.15, -0.1) is 0 Å². The van der Waals surface area contributed by atoms with E-state index in [1.807, 2.05) is 24.3 Å². The molecule has 0 aromatic heterocycles. The lowest BCUT2D eigenvalue weighted by atomic mass is 10.1. The number of anilines is 1. The molecule has 0 aliphatic rings. The van der Waals surface area contributed by atoms with Crippen LogP contribution in [0.25, 0.3) is 0 Å². The normalized spacial score (nSPS) is 10.2. The van der Waals surface area contributed by atoms with E-state index in [0.29, 0.717) is 18.8 Å². The van der Waals surface area contributed by atoms with Gasteiger partial charge < -0.3 is 16.4 Å². The van der Waals surface area contributed by atoms with Crippen molar-refractivity contribution in [3.63, 3.8) is 0 Å². The fourth-order valence-corrected chi connectivity index (χ4v) is 1.91. The first-order valence-corrected chi connectivity index (χ1v) is 6.75. The highest BCUT2D eigenvalue weighted by molar-refractivity contribution is 5.89. The molecule has 21 heavy (non-hydrogen) atoms. The summed E-state index contributed by atoms with van der Waals surface area (Å²) in [6, 6.07) is 13.3. The minimum atomic E-state index is -0.386. The minimum Gasteiger partial charge on any atom is -0.334 e. The Morgan fingerprint density at radius 3 is 2.48 bits per heavy atom. The first-order valence-electron chi connectivity index (χ1n) is 6.75. The summed E-state index contributed by atoms with van der Waals surface area (Å²) in [5.74, 6) is -0.386. The molecule has 4 nitrogen and oxygen atoms in total. The molecule has 0 saturated carbocycles. The van der Waals surface area contributed by atoms with Gasteiger partial charge in [0.25, 0.3) is 0 Å². The lowest BCUT2D eigenvalue weighted by molar-refractivity contribution is 0.251. The molecule has 0 heterocycles. The van der Waals surface area contributed by atoms with Gasteiger partial charge in [0.05, 0.1) is 0 Å². The van der Waals surface area contributed by atoms with E-state index < -0.39 is 0 Å². The van der Waals surface area contributed by atoms with Crippen LogP contribution in [0.2, 0.25) is 0 Å². The Kier molecular flexibility index (Phi) is 5.29. The van der Waals surface area contributed by atoms with Gasteiger partial charge in [-0.2, -0.15) is 0 Å². The number of urea groups is 1. The monoisotopic (exact) mass is 287 g/mol. The number of rotatable bonds is 5. The molecule has 0 saturated heterocycles. The fourth-order valence-electron chi connectivity index (χ4n) is 1.91. The second-order valence-electron chi connectivity index (χ2n) is 4.67. The van der Waals surface area contributed by atoms with Crippen LogP contribution in [-0.4, -0.2) is 12.6 Å². The molecular weight excluding hydrogens is 269 g/mol. The van der Waals surface area contributed by atoms with Crippen molar-refractivity contribution >= 4 is 11.7 Å². The predicted molar refractivity (Wildman–Crippen MR) is 81.5 cm³/mol. The zero-order valence-corrected chi connectivity index (χ0v) is 11.6. The molecule has 4 N–H and O–H groups in total. The van der Waals surface area contributed by atoms with E-state index >= 15 is 0 Å². The zero-order valence-electron chi connectivity index (χ0n) is 11.6. The van der Waals surface area contributed by atoms with Crippen LogP contribution in [0.15, 0.2) is 48.5 Å². The van der Waals surface area contributed by atoms with Crippen LogP contribution >= 0.6 is 0 Å². The third-order valence-electron chi connectivity index (χ3n) is 2.99. The van der Waals surface area contributed by atoms with Crippen molar-refractivity contribution in [1.82, 2.24) is 5.32 Å². The number of benzene rings is 2. The van der Waals surface area contributed by atoms with Crippen molar-refractivity contribution in [2.45, 2.75) is 13.0 Å². The maximum Gasteiger partial charge on any atom is 0.319 e. The largest absolute Gasteiger partial charge is 0.334 e. The summed E-state index contributed by atoms with van der Waals surface area (Å²) in [7, 11) is 0. The summed E-state index contributed by atoms with van der Waals surface area (Å²) in [4.78, 5) is 11.7. The van der Waals surface area contributed by atoms with E-state index in [2.05, 4.69) is 10.6 Å². The molecule has 0 unspecified atom stereocenters. The van der Waals surface area contributed by atoms with E-state index in [9.17, 15) is 9.18 Å². The van der Waals surface area contributed by atoms with Crippen LogP contribution in [0, 0.1) is 5.82 Å². The van der Waals surface area contributed by atoms with Crippen LogP contribution in [0.1, 0.15) is 11.1 Å². The number of hydrogen-bond acceptors (Lipinski definition) is 2. The van der Waals surface area contributed by atoms with E-state index in [0.717, 1.165) is 12.0 Å². The Morgan fingerprint density at radius 2 is 1.81 bits per heavy atom. The standard InChI is InChI=1S/C16H18FN3O/c17-14-2-1-3-15(10-14)20-16(21)19-11-13-6-4-12(5-7-13)8-9-18/h1-7,10H,8-9,11,18H2,(H2,19,20,21). The highest BCUT2D eigenvalue weighted by Crippen LogP contribution is 2.09. The SMILES string of the molecule is NCCc1ccc(CNC(=O)Nc2cccc(F)c2)cc1. The summed E-state index contributed by atoms with van der Waals surface area (Å²) in [6.07, 6.45) is 0.841. The Labute approximate surface area is 123 Å². The highest BCUT2D eigenvalue weighted by atomic mass is 19.1. The van der Waals surface area contributed by atoms with Crippen LogP contribution in [0.3, 0.4) is 0 Å². The Hall–Kier alpha value is -2.40. The lowest BCUT2D eigenvalue weighted by Gasteiger charge is -2.08. The maximum atomic E-state index is 13.0. The van der Waals surface area contributed by atoms with Gasteiger partial charge in [-0.05, 0) is 42.3 Å². The summed E-state index contributed by atoms with van der Waals surface area (Å²) in [5, 5.41) is 5.30. The van der Waals surface area contributed by atoms with E-state index in [-0.39, 0.29) is 11.8 Å². The highest BCUT2D eigenvalue weighted by Gasteiger charge is 2.02.